The summed E-state index contributed by atoms with van der Waals surface area (Å²) >= 11 is 3.56. The Morgan fingerprint density at radius 2 is 1.76 bits per heavy atom. The van der Waals surface area contributed by atoms with Crippen molar-refractivity contribution in [3.63, 3.8) is 0 Å². The highest BCUT2D eigenvalue weighted by molar-refractivity contribution is 9.10. The van der Waals surface area contributed by atoms with Crippen molar-refractivity contribution >= 4 is 15.9 Å². The molecule has 0 nitrogen and oxygen atoms in total. The third kappa shape index (κ3) is 2.99. The summed E-state index contributed by atoms with van der Waals surface area (Å²) in [6.07, 6.45) is 7.00. The second kappa shape index (κ2) is 5.70. The minimum Gasteiger partial charge on any atom is -0.120 e. The molecule has 2 rings (SSSR count). The van der Waals surface area contributed by atoms with Gasteiger partial charge in [0.25, 0.3) is 0 Å². The summed E-state index contributed by atoms with van der Waals surface area (Å²) in [7, 11) is 0. The van der Waals surface area contributed by atoms with E-state index in [4.69, 9.17) is 6.42 Å². The van der Waals surface area contributed by atoms with Crippen LogP contribution in [0.4, 0.5) is 0 Å². The van der Waals surface area contributed by atoms with E-state index in [0.717, 1.165) is 17.3 Å². The monoisotopic (exact) mass is 284 g/mol. The lowest BCUT2D eigenvalue weighted by Gasteiger charge is -2.07. The Morgan fingerprint density at radius 3 is 2.47 bits per heavy atom. The van der Waals surface area contributed by atoms with Crippen molar-refractivity contribution < 1.29 is 0 Å². The number of halogens is 1. The maximum Gasteiger partial charge on any atom is 0.0208 e. The van der Waals surface area contributed by atoms with Crippen LogP contribution in [0.1, 0.15) is 12.0 Å². The summed E-state index contributed by atoms with van der Waals surface area (Å²) < 4.78 is 1.13. The molecule has 2 aromatic rings. The zero-order valence-electron chi connectivity index (χ0n) is 9.49. The molecule has 0 radical (unpaired) electrons. The Labute approximate surface area is 111 Å². The van der Waals surface area contributed by atoms with E-state index in [-0.39, 0.29) is 0 Å². The van der Waals surface area contributed by atoms with Gasteiger partial charge in [0.2, 0.25) is 0 Å². The molecule has 0 N–H and O–H groups in total. The lowest BCUT2D eigenvalue weighted by atomic mass is 10.0. The third-order valence-corrected chi connectivity index (χ3v) is 3.47. The van der Waals surface area contributed by atoms with Crippen molar-refractivity contribution in [2.24, 2.45) is 0 Å². The van der Waals surface area contributed by atoms with Gasteiger partial charge in [-0.25, -0.2) is 0 Å². The van der Waals surface area contributed by atoms with Crippen LogP contribution in [0, 0.1) is 12.3 Å². The quantitative estimate of drug-likeness (QED) is 0.718. The van der Waals surface area contributed by atoms with Gasteiger partial charge in [-0.2, -0.15) is 0 Å². The molecule has 0 aliphatic carbocycles. The van der Waals surface area contributed by atoms with Crippen molar-refractivity contribution in [3.05, 3.63) is 58.6 Å². The second-order valence-electron chi connectivity index (χ2n) is 3.88. The van der Waals surface area contributed by atoms with Gasteiger partial charge in [-0.15, -0.1) is 12.3 Å². The maximum atomic E-state index is 5.31. The van der Waals surface area contributed by atoms with E-state index in [9.17, 15) is 0 Å². The standard InChI is InChI=1S/C16H13Br/c1-2-3-7-15-12-14(10-11-16(15)17)13-8-5-4-6-9-13/h1,4-6,8-12H,3,7H2. The van der Waals surface area contributed by atoms with Gasteiger partial charge in [-0.1, -0.05) is 58.4 Å². The normalized spacial score (nSPS) is 9.88. The Morgan fingerprint density at radius 1 is 1.00 bits per heavy atom. The third-order valence-electron chi connectivity index (χ3n) is 2.69. The van der Waals surface area contributed by atoms with E-state index in [1.807, 2.05) is 6.07 Å². The summed E-state index contributed by atoms with van der Waals surface area (Å²) in [5, 5.41) is 0. The molecule has 0 fully saturated rings. The largest absolute Gasteiger partial charge is 0.120 e. The summed E-state index contributed by atoms with van der Waals surface area (Å²) in [4.78, 5) is 0. The Hall–Kier alpha value is -1.52. The van der Waals surface area contributed by atoms with Crippen LogP contribution in [-0.4, -0.2) is 0 Å². The van der Waals surface area contributed by atoms with Crippen molar-refractivity contribution in [3.8, 4) is 23.5 Å². The zero-order chi connectivity index (χ0) is 12.1. The molecule has 0 aliphatic heterocycles. The van der Waals surface area contributed by atoms with E-state index in [1.54, 1.807) is 0 Å². The molecule has 17 heavy (non-hydrogen) atoms. The van der Waals surface area contributed by atoms with Crippen LogP contribution < -0.4 is 0 Å². The fraction of sp³-hybridized carbons (Fsp3) is 0.125. The molecule has 0 atom stereocenters. The first kappa shape index (κ1) is 12.0. The topological polar surface area (TPSA) is 0 Å². The Bertz CT molecular complexity index is 535. The van der Waals surface area contributed by atoms with E-state index in [1.165, 1.54) is 16.7 Å². The van der Waals surface area contributed by atoms with Crippen LogP contribution in [0.2, 0.25) is 0 Å². The van der Waals surface area contributed by atoms with E-state index >= 15 is 0 Å². The minimum atomic E-state index is 0.775. The van der Waals surface area contributed by atoms with Crippen LogP contribution in [0.3, 0.4) is 0 Å². The summed E-state index contributed by atoms with van der Waals surface area (Å²) in [5.41, 5.74) is 3.74. The smallest absolute Gasteiger partial charge is 0.0208 e. The van der Waals surface area contributed by atoms with Gasteiger partial charge in [0.1, 0.15) is 0 Å². The SMILES string of the molecule is C#CCCc1cc(-c2ccccc2)ccc1Br. The fourth-order valence-corrected chi connectivity index (χ4v) is 2.23. The predicted octanol–water partition coefficient (Wildman–Crippen LogP) is 4.68. The second-order valence-corrected chi connectivity index (χ2v) is 4.73. The van der Waals surface area contributed by atoms with Crippen molar-refractivity contribution in [1.29, 1.82) is 0 Å². The molecule has 84 valence electrons. The molecule has 0 spiro atoms. The highest BCUT2D eigenvalue weighted by Crippen LogP contribution is 2.26. The van der Waals surface area contributed by atoms with Crippen molar-refractivity contribution in [2.45, 2.75) is 12.8 Å². The first-order chi connectivity index (χ1) is 8.31. The van der Waals surface area contributed by atoms with Crippen LogP contribution in [0.15, 0.2) is 53.0 Å². The van der Waals surface area contributed by atoms with Gasteiger partial charge in [0, 0.05) is 10.9 Å². The number of aryl methyl sites for hydroxylation is 1. The van der Waals surface area contributed by atoms with Gasteiger partial charge in [-0.3, -0.25) is 0 Å². The number of hydrogen-bond acceptors (Lipinski definition) is 0. The van der Waals surface area contributed by atoms with Gasteiger partial charge in [-0.05, 0) is 29.2 Å². The Balaban J connectivity index is 2.35. The number of terminal acetylenes is 1. The summed E-state index contributed by atoms with van der Waals surface area (Å²) in [5.74, 6) is 2.68. The number of rotatable bonds is 3. The van der Waals surface area contributed by atoms with Crippen LogP contribution >= 0.6 is 15.9 Å². The van der Waals surface area contributed by atoms with Crippen molar-refractivity contribution in [1.82, 2.24) is 0 Å². The highest BCUT2D eigenvalue weighted by atomic mass is 79.9. The first-order valence-corrected chi connectivity index (χ1v) is 6.38. The van der Waals surface area contributed by atoms with Gasteiger partial charge >= 0.3 is 0 Å². The first-order valence-electron chi connectivity index (χ1n) is 5.58. The average molecular weight is 285 g/mol. The molecule has 0 saturated heterocycles. The molecule has 0 bridgehead atoms. The lowest BCUT2D eigenvalue weighted by molar-refractivity contribution is 1.02. The van der Waals surface area contributed by atoms with Gasteiger partial charge in [0.05, 0.1) is 0 Å². The number of benzene rings is 2. The molecule has 0 aliphatic rings. The van der Waals surface area contributed by atoms with Crippen LogP contribution in [-0.2, 0) is 6.42 Å². The molecular formula is C16H13Br. The predicted molar refractivity (Wildman–Crippen MR) is 76.7 cm³/mol. The molecule has 2 aromatic carbocycles. The highest BCUT2D eigenvalue weighted by Gasteiger charge is 2.02. The van der Waals surface area contributed by atoms with E-state index < -0.39 is 0 Å². The number of hydrogen-bond donors (Lipinski definition) is 0. The van der Waals surface area contributed by atoms with E-state index in [0.29, 0.717) is 0 Å². The van der Waals surface area contributed by atoms with Crippen molar-refractivity contribution in [2.75, 3.05) is 0 Å². The molecule has 0 aromatic heterocycles. The molecule has 0 amide bonds. The lowest BCUT2D eigenvalue weighted by Crippen LogP contribution is -1.87. The van der Waals surface area contributed by atoms with Gasteiger partial charge in [0.15, 0.2) is 0 Å². The van der Waals surface area contributed by atoms with Crippen LogP contribution in [0.25, 0.3) is 11.1 Å². The molecule has 0 saturated carbocycles. The van der Waals surface area contributed by atoms with E-state index in [2.05, 4.69) is 64.3 Å². The molecular weight excluding hydrogens is 272 g/mol. The maximum absolute atomic E-state index is 5.31. The summed E-state index contributed by atoms with van der Waals surface area (Å²) in [6.45, 7) is 0. The van der Waals surface area contributed by atoms with Crippen LogP contribution in [0.5, 0.6) is 0 Å². The summed E-state index contributed by atoms with van der Waals surface area (Å²) in [6, 6.07) is 16.8. The average Bonchev–Trinajstić information content (AvgIpc) is 2.39. The molecule has 0 heterocycles. The van der Waals surface area contributed by atoms with Gasteiger partial charge < -0.3 is 0 Å². The minimum absolute atomic E-state index is 0.775. The molecule has 0 unspecified atom stereocenters. The Kier molecular flexibility index (Phi) is 4.01. The fourth-order valence-electron chi connectivity index (χ4n) is 1.78. The molecule has 1 heteroatoms. The zero-order valence-corrected chi connectivity index (χ0v) is 11.1.